The highest BCUT2D eigenvalue weighted by Crippen LogP contribution is 2.20. The van der Waals surface area contributed by atoms with Gasteiger partial charge in [0.2, 0.25) is 0 Å². The Hall–Kier alpha value is -1.62. The van der Waals surface area contributed by atoms with E-state index in [9.17, 15) is 9.18 Å². The molecule has 1 aromatic rings. The summed E-state index contributed by atoms with van der Waals surface area (Å²) in [4.78, 5) is 11.9. The van der Waals surface area contributed by atoms with Gasteiger partial charge in [-0.25, -0.2) is 4.39 Å². The van der Waals surface area contributed by atoms with Crippen molar-refractivity contribution in [1.29, 1.82) is 0 Å². The number of amides is 1. The van der Waals surface area contributed by atoms with Gasteiger partial charge in [-0.05, 0) is 37.5 Å². The second kappa shape index (κ2) is 5.35. The Morgan fingerprint density at radius 1 is 1.50 bits per heavy atom. The fraction of sp³-hybridized carbons (Fsp3) is 0.462. The van der Waals surface area contributed by atoms with Crippen molar-refractivity contribution < 1.29 is 13.9 Å². The molecule has 1 saturated carbocycles. The number of nitrogens with two attached hydrogens (primary N) is 1. The van der Waals surface area contributed by atoms with Gasteiger partial charge in [0.15, 0.2) is 11.6 Å². The quantitative estimate of drug-likeness (QED) is 0.855. The summed E-state index contributed by atoms with van der Waals surface area (Å²) in [6.07, 6.45) is 2.82. The lowest BCUT2D eigenvalue weighted by Gasteiger charge is -2.17. The van der Waals surface area contributed by atoms with E-state index in [1.54, 1.807) is 0 Å². The van der Waals surface area contributed by atoms with Crippen LogP contribution in [-0.4, -0.2) is 25.1 Å². The summed E-state index contributed by atoms with van der Waals surface area (Å²) in [6.45, 7) is 0. The van der Waals surface area contributed by atoms with Crippen molar-refractivity contribution in [1.82, 2.24) is 5.32 Å². The number of benzene rings is 1. The number of halogens is 1. The summed E-state index contributed by atoms with van der Waals surface area (Å²) in [5.41, 5.74) is 6.16. The van der Waals surface area contributed by atoms with Crippen LogP contribution >= 0.6 is 0 Å². The van der Waals surface area contributed by atoms with Gasteiger partial charge in [-0.1, -0.05) is 0 Å². The number of ether oxygens (including phenoxy) is 1. The van der Waals surface area contributed by atoms with E-state index in [2.05, 4.69) is 5.32 Å². The smallest absolute Gasteiger partial charge is 0.251 e. The van der Waals surface area contributed by atoms with Crippen molar-refractivity contribution in [3.05, 3.63) is 29.6 Å². The van der Waals surface area contributed by atoms with E-state index in [0.717, 1.165) is 19.3 Å². The molecule has 0 saturated heterocycles. The summed E-state index contributed by atoms with van der Waals surface area (Å²) in [7, 11) is 1.38. The Kier molecular flexibility index (Phi) is 3.81. The van der Waals surface area contributed by atoms with E-state index < -0.39 is 5.82 Å². The Bertz CT molecular complexity index is 451. The first-order chi connectivity index (χ1) is 8.61. The second-order valence-corrected chi connectivity index (χ2v) is 4.52. The van der Waals surface area contributed by atoms with Crippen LogP contribution in [-0.2, 0) is 0 Å². The molecule has 0 spiro atoms. The zero-order valence-electron chi connectivity index (χ0n) is 10.3. The maximum Gasteiger partial charge on any atom is 0.251 e. The second-order valence-electron chi connectivity index (χ2n) is 4.52. The molecule has 0 aliphatic heterocycles. The fourth-order valence-electron chi connectivity index (χ4n) is 2.23. The third-order valence-corrected chi connectivity index (χ3v) is 3.30. The predicted octanol–water partition coefficient (Wildman–Crippen LogP) is 1.44. The fourth-order valence-corrected chi connectivity index (χ4v) is 2.23. The van der Waals surface area contributed by atoms with Gasteiger partial charge in [0, 0.05) is 17.6 Å². The van der Waals surface area contributed by atoms with E-state index in [1.165, 1.54) is 25.3 Å². The number of hydrogen-bond donors (Lipinski definition) is 2. The highest BCUT2D eigenvalue weighted by Gasteiger charge is 2.25. The summed E-state index contributed by atoms with van der Waals surface area (Å²) in [5.74, 6) is -0.705. The van der Waals surface area contributed by atoms with Crippen molar-refractivity contribution in [2.24, 2.45) is 5.73 Å². The first-order valence-electron chi connectivity index (χ1n) is 6.02. The van der Waals surface area contributed by atoms with Crippen molar-refractivity contribution in [3.8, 4) is 5.75 Å². The third-order valence-electron chi connectivity index (χ3n) is 3.30. The summed E-state index contributed by atoms with van der Waals surface area (Å²) < 4.78 is 18.3. The third kappa shape index (κ3) is 2.61. The van der Waals surface area contributed by atoms with Gasteiger partial charge >= 0.3 is 0 Å². The molecule has 0 aromatic heterocycles. The predicted molar refractivity (Wildman–Crippen MR) is 66.0 cm³/mol. The summed E-state index contributed by atoms with van der Waals surface area (Å²) in [6, 6.07) is 4.14. The van der Waals surface area contributed by atoms with E-state index in [1.807, 2.05) is 0 Å². The number of carbonyl (C=O) groups excluding carboxylic acids is 1. The molecule has 18 heavy (non-hydrogen) atoms. The zero-order chi connectivity index (χ0) is 13.1. The minimum absolute atomic E-state index is 0.00274. The Morgan fingerprint density at radius 3 is 2.83 bits per heavy atom. The highest BCUT2D eigenvalue weighted by atomic mass is 19.1. The van der Waals surface area contributed by atoms with Gasteiger partial charge in [-0.2, -0.15) is 0 Å². The molecule has 2 unspecified atom stereocenters. The van der Waals surface area contributed by atoms with E-state index in [0.29, 0.717) is 0 Å². The van der Waals surface area contributed by atoms with Crippen molar-refractivity contribution in [3.63, 3.8) is 0 Å². The lowest BCUT2D eigenvalue weighted by molar-refractivity contribution is 0.0934. The van der Waals surface area contributed by atoms with Crippen molar-refractivity contribution >= 4 is 5.91 Å². The molecule has 0 heterocycles. The summed E-state index contributed by atoms with van der Waals surface area (Å²) in [5, 5.41) is 2.84. The molecule has 3 N–H and O–H groups in total. The molecule has 1 fully saturated rings. The van der Waals surface area contributed by atoms with Gasteiger partial charge in [-0.3, -0.25) is 4.79 Å². The van der Waals surface area contributed by atoms with Crippen LogP contribution in [0, 0.1) is 5.82 Å². The SMILES string of the molecule is COc1ccc(C(=O)NC2CCCC2N)cc1F. The van der Waals surface area contributed by atoms with Crippen molar-refractivity contribution in [2.45, 2.75) is 31.3 Å². The molecule has 4 nitrogen and oxygen atoms in total. The average Bonchev–Trinajstić information content (AvgIpc) is 2.75. The molecule has 1 amide bonds. The molecule has 1 aliphatic carbocycles. The van der Waals surface area contributed by atoms with Crippen LogP contribution < -0.4 is 15.8 Å². The molecule has 98 valence electrons. The molecule has 0 radical (unpaired) electrons. The summed E-state index contributed by atoms with van der Waals surface area (Å²) >= 11 is 0. The van der Waals surface area contributed by atoms with E-state index in [4.69, 9.17) is 10.5 Å². The largest absolute Gasteiger partial charge is 0.494 e. The number of hydrogen-bond acceptors (Lipinski definition) is 3. The topological polar surface area (TPSA) is 64.3 Å². The minimum atomic E-state index is -0.541. The van der Waals surface area contributed by atoms with E-state index in [-0.39, 0.29) is 29.3 Å². The molecular weight excluding hydrogens is 235 g/mol. The lowest BCUT2D eigenvalue weighted by Crippen LogP contribution is -2.43. The normalized spacial score (nSPS) is 22.8. The van der Waals surface area contributed by atoms with Crippen LogP contribution in [0.25, 0.3) is 0 Å². The van der Waals surface area contributed by atoms with Crippen LogP contribution in [0.3, 0.4) is 0 Å². The first-order valence-corrected chi connectivity index (χ1v) is 6.02. The maximum atomic E-state index is 13.5. The van der Waals surface area contributed by atoms with Crippen molar-refractivity contribution in [2.75, 3.05) is 7.11 Å². The van der Waals surface area contributed by atoms with Crippen LogP contribution in [0.2, 0.25) is 0 Å². The Labute approximate surface area is 105 Å². The molecule has 5 heteroatoms. The monoisotopic (exact) mass is 252 g/mol. The molecule has 0 bridgehead atoms. The number of rotatable bonds is 3. The number of methoxy groups -OCH3 is 1. The minimum Gasteiger partial charge on any atom is -0.494 e. The van der Waals surface area contributed by atoms with Gasteiger partial charge < -0.3 is 15.8 Å². The molecule has 1 aromatic carbocycles. The van der Waals surface area contributed by atoms with Crippen LogP contribution in [0.4, 0.5) is 4.39 Å². The van der Waals surface area contributed by atoms with Crippen LogP contribution in [0.1, 0.15) is 29.6 Å². The Balaban J connectivity index is 2.07. The average molecular weight is 252 g/mol. The van der Waals surface area contributed by atoms with Gasteiger partial charge in [0.05, 0.1) is 7.11 Å². The molecule has 2 rings (SSSR count). The number of carbonyl (C=O) groups is 1. The Morgan fingerprint density at radius 2 is 2.28 bits per heavy atom. The molecule has 2 atom stereocenters. The zero-order valence-corrected chi connectivity index (χ0v) is 10.3. The van der Waals surface area contributed by atoms with Gasteiger partial charge in [-0.15, -0.1) is 0 Å². The van der Waals surface area contributed by atoms with Gasteiger partial charge in [0.1, 0.15) is 0 Å². The van der Waals surface area contributed by atoms with Crippen LogP contribution in [0.15, 0.2) is 18.2 Å². The number of nitrogens with one attached hydrogen (secondary N) is 1. The first kappa shape index (κ1) is 12.8. The van der Waals surface area contributed by atoms with Gasteiger partial charge in [0.25, 0.3) is 5.91 Å². The maximum absolute atomic E-state index is 13.5. The lowest BCUT2D eigenvalue weighted by atomic mass is 10.1. The molecular formula is C13H17FN2O2. The standard InChI is InChI=1S/C13H17FN2O2/c1-18-12-6-5-8(7-9(12)14)13(17)16-11-4-2-3-10(11)15/h5-7,10-11H,2-4,15H2,1H3,(H,16,17). The highest BCUT2D eigenvalue weighted by molar-refractivity contribution is 5.94. The van der Waals surface area contributed by atoms with Crippen LogP contribution in [0.5, 0.6) is 5.75 Å². The van der Waals surface area contributed by atoms with E-state index >= 15 is 0 Å². The molecule has 1 aliphatic rings.